The summed E-state index contributed by atoms with van der Waals surface area (Å²) in [4.78, 5) is 0. The molecular weight excluding hydrogens is 160 g/mol. The van der Waals surface area contributed by atoms with Crippen molar-refractivity contribution in [3.8, 4) is 0 Å². The third kappa shape index (κ3) is 4.28. The zero-order chi connectivity index (χ0) is 9.68. The third-order valence-electron chi connectivity index (χ3n) is 2.62. The molecule has 0 bridgehead atoms. The van der Waals surface area contributed by atoms with Crippen molar-refractivity contribution in [1.29, 1.82) is 0 Å². The van der Waals surface area contributed by atoms with Gasteiger partial charge in [-0.25, -0.2) is 0 Å². The SMILES string of the molecule is CC1=C/CC(C)CCC(O)C\C=C\1. The number of rotatable bonds is 0. The second-order valence-corrected chi connectivity index (χ2v) is 4.16. The van der Waals surface area contributed by atoms with Crippen LogP contribution in [0.5, 0.6) is 0 Å². The molecule has 74 valence electrons. The monoisotopic (exact) mass is 180 g/mol. The van der Waals surface area contributed by atoms with E-state index in [1.807, 2.05) is 0 Å². The van der Waals surface area contributed by atoms with Gasteiger partial charge in [0.15, 0.2) is 0 Å². The number of hydrogen-bond acceptors (Lipinski definition) is 1. The molecule has 1 nitrogen and oxygen atoms in total. The molecule has 0 amide bonds. The van der Waals surface area contributed by atoms with E-state index in [1.54, 1.807) is 0 Å². The molecule has 13 heavy (non-hydrogen) atoms. The van der Waals surface area contributed by atoms with Gasteiger partial charge < -0.3 is 5.11 Å². The highest BCUT2D eigenvalue weighted by atomic mass is 16.3. The predicted molar refractivity (Wildman–Crippen MR) is 56.5 cm³/mol. The molecule has 0 aromatic carbocycles. The lowest BCUT2D eigenvalue weighted by Crippen LogP contribution is -2.08. The van der Waals surface area contributed by atoms with E-state index in [2.05, 4.69) is 32.1 Å². The maximum atomic E-state index is 9.56. The first kappa shape index (κ1) is 10.5. The normalized spacial score (nSPS) is 37.6. The Bertz CT molecular complexity index is 203. The minimum absolute atomic E-state index is 0.135. The first-order chi connectivity index (χ1) is 6.18. The predicted octanol–water partition coefficient (Wildman–Crippen LogP) is 3.06. The molecule has 0 spiro atoms. The summed E-state index contributed by atoms with van der Waals surface area (Å²) in [7, 11) is 0. The molecule has 1 aliphatic carbocycles. The number of allylic oxidation sites excluding steroid dienone is 3. The molecule has 1 rings (SSSR count). The van der Waals surface area contributed by atoms with Crippen LogP contribution in [0.15, 0.2) is 23.8 Å². The van der Waals surface area contributed by atoms with Gasteiger partial charge in [-0.05, 0) is 38.5 Å². The van der Waals surface area contributed by atoms with Crippen LogP contribution in [-0.2, 0) is 0 Å². The largest absolute Gasteiger partial charge is 0.393 e. The van der Waals surface area contributed by atoms with Crippen LogP contribution >= 0.6 is 0 Å². The molecule has 1 aliphatic rings. The number of aliphatic hydroxyl groups excluding tert-OH is 1. The second-order valence-electron chi connectivity index (χ2n) is 4.16. The van der Waals surface area contributed by atoms with Crippen molar-refractivity contribution in [3.63, 3.8) is 0 Å². The van der Waals surface area contributed by atoms with Crippen LogP contribution in [0.3, 0.4) is 0 Å². The van der Waals surface area contributed by atoms with Crippen molar-refractivity contribution in [2.75, 3.05) is 0 Å². The van der Waals surface area contributed by atoms with Crippen molar-refractivity contribution in [2.24, 2.45) is 5.92 Å². The smallest absolute Gasteiger partial charge is 0.0574 e. The summed E-state index contributed by atoms with van der Waals surface area (Å²) in [6.45, 7) is 4.37. The maximum absolute atomic E-state index is 9.56. The summed E-state index contributed by atoms with van der Waals surface area (Å²) < 4.78 is 0. The van der Waals surface area contributed by atoms with Crippen molar-refractivity contribution in [1.82, 2.24) is 0 Å². The molecule has 0 heterocycles. The van der Waals surface area contributed by atoms with Gasteiger partial charge in [-0.15, -0.1) is 0 Å². The van der Waals surface area contributed by atoms with Crippen LogP contribution in [0.2, 0.25) is 0 Å². The van der Waals surface area contributed by atoms with E-state index in [0.717, 1.165) is 25.7 Å². The Kier molecular flexibility index (Phi) is 4.23. The molecule has 0 aromatic heterocycles. The van der Waals surface area contributed by atoms with E-state index in [-0.39, 0.29) is 6.10 Å². The Labute approximate surface area is 81.2 Å². The Hall–Kier alpha value is -0.560. The zero-order valence-electron chi connectivity index (χ0n) is 8.66. The molecule has 2 atom stereocenters. The highest BCUT2D eigenvalue weighted by Crippen LogP contribution is 2.17. The summed E-state index contributed by atoms with van der Waals surface area (Å²) in [6, 6.07) is 0. The van der Waals surface area contributed by atoms with Crippen LogP contribution in [0.25, 0.3) is 0 Å². The van der Waals surface area contributed by atoms with E-state index in [0.29, 0.717) is 5.92 Å². The maximum Gasteiger partial charge on any atom is 0.0574 e. The minimum Gasteiger partial charge on any atom is -0.393 e. The third-order valence-corrected chi connectivity index (χ3v) is 2.62. The van der Waals surface area contributed by atoms with E-state index < -0.39 is 0 Å². The fourth-order valence-electron chi connectivity index (χ4n) is 1.58. The lowest BCUT2D eigenvalue weighted by atomic mass is 9.96. The van der Waals surface area contributed by atoms with Gasteiger partial charge in [0.2, 0.25) is 0 Å². The molecular formula is C12H20O. The Morgan fingerprint density at radius 1 is 1.31 bits per heavy atom. The average molecular weight is 180 g/mol. The molecule has 0 radical (unpaired) electrons. The number of aliphatic hydroxyl groups is 1. The number of hydrogen-bond donors (Lipinski definition) is 1. The lowest BCUT2D eigenvalue weighted by molar-refractivity contribution is 0.158. The van der Waals surface area contributed by atoms with Crippen molar-refractivity contribution in [3.05, 3.63) is 23.8 Å². The second kappa shape index (κ2) is 5.23. The molecule has 1 N–H and O–H groups in total. The topological polar surface area (TPSA) is 20.2 Å². The van der Waals surface area contributed by atoms with E-state index >= 15 is 0 Å². The molecule has 0 saturated carbocycles. The quantitative estimate of drug-likeness (QED) is 0.607. The van der Waals surface area contributed by atoms with Gasteiger partial charge in [-0.2, -0.15) is 0 Å². The van der Waals surface area contributed by atoms with Gasteiger partial charge in [0.1, 0.15) is 0 Å². The highest BCUT2D eigenvalue weighted by molar-refractivity contribution is 5.16. The average Bonchev–Trinajstić information content (AvgIpc) is 2.10. The van der Waals surface area contributed by atoms with Gasteiger partial charge in [0.05, 0.1) is 6.10 Å². The van der Waals surface area contributed by atoms with Gasteiger partial charge in [-0.1, -0.05) is 30.7 Å². The molecule has 0 aromatic rings. The van der Waals surface area contributed by atoms with Crippen molar-refractivity contribution < 1.29 is 5.11 Å². The molecule has 2 unspecified atom stereocenters. The van der Waals surface area contributed by atoms with Gasteiger partial charge in [0, 0.05) is 0 Å². The van der Waals surface area contributed by atoms with E-state index in [4.69, 9.17) is 0 Å². The van der Waals surface area contributed by atoms with Gasteiger partial charge >= 0.3 is 0 Å². The zero-order valence-corrected chi connectivity index (χ0v) is 8.66. The summed E-state index contributed by atoms with van der Waals surface area (Å²) in [5.41, 5.74) is 1.32. The van der Waals surface area contributed by atoms with Crippen LogP contribution in [0.1, 0.15) is 39.5 Å². The van der Waals surface area contributed by atoms with E-state index in [9.17, 15) is 5.11 Å². The van der Waals surface area contributed by atoms with Crippen LogP contribution in [0.4, 0.5) is 0 Å². The van der Waals surface area contributed by atoms with E-state index in [1.165, 1.54) is 5.57 Å². The first-order valence-corrected chi connectivity index (χ1v) is 5.20. The fourth-order valence-corrected chi connectivity index (χ4v) is 1.58. The van der Waals surface area contributed by atoms with Crippen molar-refractivity contribution in [2.45, 2.75) is 45.6 Å². The van der Waals surface area contributed by atoms with Gasteiger partial charge in [-0.3, -0.25) is 0 Å². The molecule has 0 saturated heterocycles. The molecule has 0 fully saturated rings. The minimum atomic E-state index is -0.135. The Morgan fingerprint density at radius 3 is 2.85 bits per heavy atom. The van der Waals surface area contributed by atoms with Crippen LogP contribution < -0.4 is 0 Å². The summed E-state index contributed by atoms with van der Waals surface area (Å²) in [5.74, 6) is 0.705. The standard InChI is InChI=1S/C12H20O/c1-10-4-3-5-12(13)9-8-11(2)7-6-10/h3-4,6,11-13H,5,7-9H2,1-2H3/b4-3+,10-6-. The fraction of sp³-hybridized carbons (Fsp3) is 0.667. The summed E-state index contributed by atoms with van der Waals surface area (Å²) >= 11 is 0. The van der Waals surface area contributed by atoms with Gasteiger partial charge in [0.25, 0.3) is 0 Å². The molecule has 1 heteroatoms. The van der Waals surface area contributed by atoms with Crippen molar-refractivity contribution >= 4 is 0 Å². The first-order valence-electron chi connectivity index (χ1n) is 5.20. The Morgan fingerprint density at radius 2 is 2.08 bits per heavy atom. The Balaban J connectivity index is 2.58. The van der Waals surface area contributed by atoms with Crippen LogP contribution in [0, 0.1) is 5.92 Å². The lowest BCUT2D eigenvalue weighted by Gasteiger charge is -2.13. The molecule has 0 aliphatic heterocycles. The highest BCUT2D eigenvalue weighted by Gasteiger charge is 2.07. The van der Waals surface area contributed by atoms with Crippen LogP contribution in [-0.4, -0.2) is 11.2 Å². The summed E-state index contributed by atoms with van der Waals surface area (Å²) in [6.07, 6.45) is 10.4. The summed E-state index contributed by atoms with van der Waals surface area (Å²) in [5, 5.41) is 9.56.